The van der Waals surface area contributed by atoms with Gasteiger partial charge in [-0.1, -0.05) is 6.07 Å². The van der Waals surface area contributed by atoms with Crippen LogP contribution in [0.5, 0.6) is 5.75 Å². The predicted octanol–water partition coefficient (Wildman–Crippen LogP) is 3.67. The number of benzene rings is 2. The van der Waals surface area contributed by atoms with Crippen molar-refractivity contribution in [1.82, 2.24) is 5.48 Å². The van der Waals surface area contributed by atoms with Gasteiger partial charge in [0.1, 0.15) is 11.6 Å². The number of fused-ring (bicyclic) bond motifs is 1. The number of carbonyl (C=O) groups excluding carboxylic acids is 2. The largest absolute Gasteiger partial charge is 0.476 e. The maximum atomic E-state index is 14.3. The van der Waals surface area contributed by atoms with Gasteiger partial charge in [-0.15, -0.1) is 0 Å². The Morgan fingerprint density at radius 2 is 1.90 bits per heavy atom. The third-order valence-electron chi connectivity index (χ3n) is 4.45. The second-order valence-electron chi connectivity index (χ2n) is 6.93. The van der Waals surface area contributed by atoms with Crippen LogP contribution in [-0.2, 0) is 17.5 Å². The Bertz CT molecular complexity index is 989. The second-order valence-corrected chi connectivity index (χ2v) is 6.93. The van der Waals surface area contributed by atoms with E-state index in [1.807, 2.05) is 0 Å². The molecular weight excluding hydrogens is 396 g/mol. The minimum Gasteiger partial charge on any atom is -0.476 e. The molecule has 1 aliphatic heterocycles. The van der Waals surface area contributed by atoms with Crippen LogP contribution in [0.2, 0.25) is 0 Å². The Kier molecular flexibility index (Phi) is 4.99. The smallest absolute Gasteiger partial charge is 0.416 e. The molecule has 0 fully saturated rings. The van der Waals surface area contributed by atoms with E-state index in [9.17, 15) is 27.2 Å². The van der Waals surface area contributed by atoms with Gasteiger partial charge in [0.05, 0.1) is 17.8 Å². The monoisotopic (exact) mass is 412 g/mol. The first-order chi connectivity index (χ1) is 13.4. The third kappa shape index (κ3) is 3.88. The molecule has 0 bridgehead atoms. The lowest BCUT2D eigenvalue weighted by atomic mass is 10.0. The van der Waals surface area contributed by atoms with E-state index in [2.05, 4.69) is 0 Å². The highest BCUT2D eigenvalue weighted by molar-refractivity contribution is 6.04. The number of nitrogens with zero attached hydrogens (tertiary/aromatic N) is 1. The molecule has 0 radical (unpaired) electrons. The number of hydrogen-bond acceptors (Lipinski definition) is 4. The molecule has 0 unspecified atom stereocenters. The molecule has 10 heteroatoms. The van der Waals surface area contributed by atoms with Crippen molar-refractivity contribution in [2.75, 3.05) is 4.90 Å². The standard InChI is InChI=1S/C19H16F4N2O4/c1-18(2)17(27)25(9-11-3-5-12(8-13(11)20)19(21,22)23)14-7-10(16(26)24-28)4-6-15(14)29-18/h3-8,28H,9H2,1-2H3,(H,24,26). The van der Waals surface area contributed by atoms with Crippen LogP contribution in [0.3, 0.4) is 0 Å². The van der Waals surface area contributed by atoms with Gasteiger partial charge in [0.15, 0.2) is 5.60 Å². The molecule has 3 rings (SSSR count). The molecule has 6 nitrogen and oxygen atoms in total. The molecule has 0 aromatic heterocycles. The minimum absolute atomic E-state index is 0.000229. The van der Waals surface area contributed by atoms with Crippen LogP contribution >= 0.6 is 0 Å². The van der Waals surface area contributed by atoms with Crippen molar-refractivity contribution in [3.8, 4) is 5.75 Å². The maximum absolute atomic E-state index is 14.3. The van der Waals surface area contributed by atoms with Crippen LogP contribution in [0, 0.1) is 5.82 Å². The summed E-state index contributed by atoms with van der Waals surface area (Å²) in [6, 6.07) is 6.07. The molecule has 2 aromatic rings. The van der Waals surface area contributed by atoms with Gasteiger partial charge in [-0.05, 0) is 44.2 Å². The van der Waals surface area contributed by atoms with Gasteiger partial charge in [-0.2, -0.15) is 13.2 Å². The van der Waals surface area contributed by atoms with Crippen LogP contribution in [-0.4, -0.2) is 22.6 Å². The minimum atomic E-state index is -4.70. The molecule has 0 spiro atoms. The molecule has 0 atom stereocenters. The van der Waals surface area contributed by atoms with Crippen molar-refractivity contribution in [2.24, 2.45) is 0 Å². The first kappa shape index (κ1) is 20.6. The summed E-state index contributed by atoms with van der Waals surface area (Å²) in [6.45, 7) is 2.60. The molecule has 0 saturated carbocycles. The van der Waals surface area contributed by atoms with Gasteiger partial charge in [-0.3, -0.25) is 14.8 Å². The number of anilines is 1. The molecule has 154 valence electrons. The normalized spacial score (nSPS) is 15.6. The Balaban J connectivity index is 2.04. The first-order valence-electron chi connectivity index (χ1n) is 8.39. The number of ether oxygens (including phenoxy) is 1. The molecule has 29 heavy (non-hydrogen) atoms. The number of carbonyl (C=O) groups is 2. The highest BCUT2D eigenvalue weighted by Gasteiger charge is 2.41. The van der Waals surface area contributed by atoms with E-state index < -0.39 is 35.0 Å². The molecule has 2 aromatic carbocycles. The molecule has 2 amide bonds. The average molecular weight is 412 g/mol. The third-order valence-corrected chi connectivity index (χ3v) is 4.45. The lowest BCUT2D eigenvalue weighted by molar-refractivity contribution is -0.137. The van der Waals surface area contributed by atoms with E-state index in [1.54, 1.807) is 0 Å². The van der Waals surface area contributed by atoms with Crippen molar-refractivity contribution in [1.29, 1.82) is 0 Å². The Morgan fingerprint density at radius 3 is 2.48 bits per heavy atom. The maximum Gasteiger partial charge on any atom is 0.416 e. The lowest BCUT2D eigenvalue weighted by Gasteiger charge is -2.39. The molecule has 0 aliphatic carbocycles. The van der Waals surface area contributed by atoms with Crippen LogP contribution in [0.25, 0.3) is 0 Å². The van der Waals surface area contributed by atoms with Crippen LogP contribution in [0.1, 0.15) is 35.3 Å². The molecule has 2 N–H and O–H groups in total. The number of rotatable bonds is 3. The lowest BCUT2D eigenvalue weighted by Crippen LogP contribution is -2.52. The fourth-order valence-corrected chi connectivity index (χ4v) is 2.95. The first-order valence-corrected chi connectivity index (χ1v) is 8.39. The van der Waals surface area contributed by atoms with Gasteiger partial charge in [0, 0.05) is 11.1 Å². The number of hydrogen-bond donors (Lipinski definition) is 2. The van der Waals surface area contributed by atoms with E-state index in [-0.39, 0.29) is 29.1 Å². The summed E-state index contributed by atoms with van der Waals surface area (Å²) in [6.07, 6.45) is -4.70. The Morgan fingerprint density at radius 1 is 1.21 bits per heavy atom. The average Bonchev–Trinajstić information content (AvgIpc) is 2.64. The molecular formula is C19H16F4N2O4. The van der Waals surface area contributed by atoms with Gasteiger partial charge in [0.2, 0.25) is 0 Å². The van der Waals surface area contributed by atoms with Crippen LogP contribution < -0.4 is 15.1 Å². The van der Waals surface area contributed by atoms with Gasteiger partial charge < -0.3 is 9.64 Å². The molecule has 0 saturated heterocycles. The summed E-state index contributed by atoms with van der Waals surface area (Å²) < 4.78 is 58.3. The van der Waals surface area contributed by atoms with Crippen LogP contribution in [0.15, 0.2) is 36.4 Å². The fourth-order valence-electron chi connectivity index (χ4n) is 2.95. The summed E-state index contributed by atoms with van der Waals surface area (Å²) in [5.74, 6) is -2.32. The number of nitrogens with one attached hydrogen (secondary N) is 1. The number of amides is 2. The van der Waals surface area contributed by atoms with E-state index in [4.69, 9.17) is 9.94 Å². The highest BCUT2D eigenvalue weighted by Crippen LogP contribution is 2.40. The topological polar surface area (TPSA) is 78.9 Å². The zero-order valence-electron chi connectivity index (χ0n) is 15.3. The summed E-state index contributed by atoms with van der Waals surface area (Å²) in [5.41, 5.74) is -1.03. The van der Waals surface area contributed by atoms with Crippen molar-refractivity contribution in [3.63, 3.8) is 0 Å². The van der Waals surface area contributed by atoms with Gasteiger partial charge >= 0.3 is 6.18 Å². The zero-order valence-corrected chi connectivity index (χ0v) is 15.3. The van der Waals surface area contributed by atoms with E-state index in [1.165, 1.54) is 37.5 Å². The van der Waals surface area contributed by atoms with Gasteiger partial charge in [0.25, 0.3) is 11.8 Å². The van der Waals surface area contributed by atoms with E-state index >= 15 is 0 Å². The number of alkyl halides is 3. The summed E-state index contributed by atoms with van der Waals surface area (Å²) >= 11 is 0. The highest BCUT2D eigenvalue weighted by atomic mass is 19.4. The molecule has 1 heterocycles. The van der Waals surface area contributed by atoms with Crippen molar-refractivity contribution >= 4 is 17.5 Å². The predicted molar refractivity (Wildman–Crippen MR) is 93.0 cm³/mol. The summed E-state index contributed by atoms with van der Waals surface area (Å²) in [4.78, 5) is 25.7. The van der Waals surface area contributed by atoms with Crippen LogP contribution in [0.4, 0.5) is 23.2 Å². The second kappa shape index (κ2) is 7.03. The Labute approximate surface area is 162 Å². The quantitative estimate of drug-likeness (QED) is 0.458. The van der Waals surface area contributed by atoms with Gasteiger partial charge in [-0.25, -0.2) is 9.87 Å². The summed E-state index contributed by atoms with van der Waals surface area (Å²) in [7, 11) is 0. The fraction of sp³-hybridized carbons (Fsp3) is 0.263. The van der Waals surface area contributed by atoms with Crippen molar-refractivity contribution in [2.45, 2.75) is 32.2 Å². The van der Waals surface area contributed by atoms with Crippen molar-refractivity contribution < 1.29 is 37.1 Å². The molecule has 1 aliphatic rings. The SMILES string of the molecule is CC1(C)Oc2ccc(C(=O)NO)cc2N(Cc2ccc(C(F)(F)F)cc2F)C1=O. The Hall–Kier alpha value is -3.14. The van der Waals surface area contributed by atoms with E-state index in [0.29, 0.717) is 6.07 Å². The number of halogens is 4. The van der Waals surface area contributed by atoms with E-state index in [0.717, 1.165) is 17.0 Å². The zero-order chi connectivity index (χ0) is 21.6. The summed E-state index contributed by atoms with van der Waals surface area (Å²) in [5, 5.41) is 8.80. The number of hydroxylamine groups is 1. The van der Waals surface area contributed by atoms with Crippen molar-refractivity contribution in [3.05, 3.63) is 58.9 Å².